The van der Waals surface area contributed by atoms with Gasteiger partial charge in [0.05, 0.1) is 16.0 Å². The molecule has 27 heavy (non-hydrogen) atoms. The van der Waals surface area contributed by atoms with Crippen LogP contribution in [0.15, 0.2) is 18.2 Å². The van der Waals surface area contributed by atoms with E-state index >= 15 is 0 Å². The van der Waals surface area contributed by atoms with Crippen LogP contribution in [0, 0.1) is 17.3 Å². The Bertz CT molecular complexity index is 767. The van der Waals surface area contributed by atoms with Gasteiger partial charge in [0.15, 0.2) is 0 Å². The molecule has 0 aromatic heterocycles. The van der Waals surface area contributed by atoms with E-state index in [-0.39, 0.29) is 21.6 Å². The van der Waals surface area contributed by atoms with Gasteiger partial charge in [-0.3, -0.25) is 9.59 Å². The quantitative estimate of drug-likeness (QED) is 0.606. The molecule has 2 atom stereocenters. The number of anilines is 1. The standard InChI is InChI=1S/C21H26BrClN2O2/c1-2-5-24-18(26)16-4-3-15(7-17(16)23)25-19(27)20-8-13-6-14(9-20)11-21(22,10-13)12-20/h3-4,7,13-14H,2,5-6,8-12H2,1H3,(H,24,26)(H,25,27). The molecule has 1 aromatic carbocycles. The SMILES string of the molecule is CCCNC(=O)c1ccc(NC(=O)C23CC4CC(CC(Br)(C4)C2)C3)cc1Cl. The van der Waals surface area contributed by atoms with E-state index in [2.05, 4.69) is 26.6 Å². The first-order valence-corrected chi connectivity index (χ1v) is 11.1. The van der Waals surface area contributed by atoms with Crippen LogP contribution in [0.2, 0.25) is 5.02 Å². The minimum atomic E-state index is -0.267. The highest BCUT2D eigenvalue weighted by Crippen LogP contribution is 2.64. The maximum absolute atomic E-state index is 13.2. The molecule has 4 aliphatic carbocycles. The fourth-order valence-corrected chi connectivity index (χ4v) is 7.51. The molecule has 0 aliphatic heterocycles. The molecule has 1 aromatic rings. The highest BCUT2D eigenvalue weighted by Gasteiger charge is 2.59. The molecule has 0 heterocycles. The van der Waals surface area contributed by atoms with Gasteiger partial charge in [-0.25, -0.2) is 0 Å². The third kappa shape index (κ3) is 3.65. The molecule has 4 nitrogen and oxygen atoms in total. The van der Waals surface area contributed by atoms with E-state index in [9.17, 15) is 9.59 Å². The van der Waals surface area contributed by atoms with Gasteiger partial charge in [0, 0.05) is 16.6 Å². The Kier molecular flexibility index (Phi) is 5.04. The van der Waals surface area contributed by atoms with Crippen LogP contribution in [0.1, 0.15) is 62.2 Å². The average molecular weight is 454 g/mol. The van der Waals surface area contributed by atoms with Gasteiger partial charge in [-0.05, 0) is 75.0 Å². The first-order valence-electron chi connectivity index (χ1n) is 9.91. The molecule has 4 fully saturated rings. The minimum absolute atomic E-state index is 0.111. The van der Waals surface area contributed by atoms with Crippen LogP contribution in [-0.4, -0.2) is 22.7 Å². The molecule has 4 saturated carbocycles. The van der Waals surface area contributed by atoms with Crippen molar-refractivity contribution >= 4 is 45.0 Å². The number of amides is 2. The Morgan fingerprint density at radius 2 is 1.93 bits per heavy atom. The fourth-order valence-electron chi connectivity index (χ4n) is 5.79. The van der Waals surface area contributed by atoms with Gasteiger partial charge >= 0.3 is 0 Å². The lowest BCUT2D eigenvalue weighted by molar-refractivity contribution is -0.138. The summed E-state index contributed by atoms with van der Waals surface area (Å²) in [5.74, 6) is 1.25. The molecule has 4 aliphatic rings. The molecule has 5 rings (SSSR count). The Hall–Kier alpha value is -1.07. The zero-order valence-corrected chi connectivity index (χ0v) is 18.0. The highest BCUT2D eigenvalue weighted by atomic mass is 79.9. The van der Waals surface area contributed by atoms with E-state index in [1.54, 1.807) is 18.2 Å². The van der Waals surface area contributed by atoms with Crippen LogP contribution >= 0.6 is 27.5 Å². The second-order valence-electron chi connectivity index (χ2n) is 8.80. The van der Waals surface area contributed by atoms with Crippen molar-refractivity contribution in [1.82, 2.24) is 5.32 Å². The summed E-state index contributed by atoms with van der Waals surface area (Å²) in [5.41, 5.74) is 0.839. The Balaban J connectivity index is 1.49. The van der Waals surface area contributed by atoms with Crippen molar-refractivity contribution in [3.63, 3.8) is 0 Å². The van der Waals surface area contributed by atoms with Crippen LogP contribution in [0.3, 0.4) is 0 Å². The van der Waals surface area contributed by atoms with Crippen LogP contribution in [0.5, 0.6) is 0 Å². The summed E-state index contributed by atoms with van der Waals surface area (Å²) >= 11 is 10.3. The number of hydrogen-bond donors (Lipinski definition) is 2. The van der Waals surface area contributed by atoms with E-state index in [0.717, 1.165) is 25.7 Å². The predicted octanol–water partition coefficient (Wildman–Crippen LogP) is 5.15. The van der Waals surface area contributed by atoms with Gasteiger partial charge in [0.2, 0.25) is 5.91 Å². The molecule has 2 unspecified atom stereocenters. The number of hydrogen-bond acceptors (Lipinski definition) is 2. The molecule has 0 radical (unpaired) electrons. The number of carbonyl (C=O) groups is 2. The number of benzene rings is 1. The van der Waals surface area contributed by atoms with Gasteiger partial charge in [-0.1, -0.05) is 34.5 Å². The van der Waals surface area contributed by atoms with Crippen molar-refractivity contribution in [3.8, 4) is 0 Å². The van der Waals surface area contributed by atoms with Crippen molar-refractivity contribution in [3.05, 3.63) is 28.8 Å². The molecule has 0 saturated heterocycles. The smallest absolute Gasteiger partial charge is 0.252 e. The second kappa shape index (κ2) is 7.07. The number of rotatable bonds is 5. The Morgan fingerprint density at radius 3 is 2.52 bits per heavy atom. The first kappa shape index (κ1) is 19.3. The van der Waals surface area contributed by atoms with Crippen molar-refractivity contribution in [2.24, 2.45) is 17.3 Å². The summed E-state index contributed by atoms with van der Waals surface area (Å²) in [4.78, 5) is 25.4. The third-order valence-electron chi connectivity index (χ3n) is 6.48. The Labute approximate surface area is 173 Å². The Morgan fingerprint density at radius 1 is 1.22 bits per heavy atom. The summed E-state index contributed by atoms with van der Waals surface area (Å²) in [6.07, 6.45) is 7.45. The van der Waals surface area contributed by atoms with Crippen LogP contribution in [0.4, 0.5) is 5.69 Å². The van der Waals surface area contributed by atoms with Crippen molar-refractivity contribution in [1.29, 1.82) is 0 Å². The topological polar surface area (TPSA) is 58.2 Å². The van der Waals surface area contributed by atoms with Crippen LogP contribution in [-0.2, 0) is 4.79 Å². The van der Waals surface area contributed by atoms with Crippen molar-refractivity contribution in [2.75, 3.05) is 11.9 Å². The summed E-state index contributed by atoms with van der Waals surface area (Å²) in [6.45, 7) is 2.62. The highest BCUT2D eigenvalue weighted by molar-refractivity contribution is 9.10. The molecule has 6 heteroatoms. The fraction of sp³-hybridized carbons (Fsp3) is 0.619. The molecule has 2 amide bonds. The van der Waals surface area contributed by atoms with Gasteiger partial charge in [0.25, 0.3) is 5.91 Å². The monoisotopic (exact) mass is 452 g/mol. The lowest BCUT2D eigenvalue weighted by Crippen LogP contribution is -2.57. The maximum Gasteiger partial charge on any atom is 0.252 e. The summed E-state index contributed by atoms with van der Waals surface area (Å²) in [6, 6.07) is 5.15. The van der Waals surface area contributed by atoms with Gasteiger partial charge in [0.1, 0.15) is 0 Å². The first-order chi connectivity index (χ1) is 12.8. The largest absolute Gasteiger partial charge is 0.352 e. The van der Waals surface area contributed by atoms with Crippen molar-refractivity contribution in [2.45, 2.75) is 56.2 Å². The van der Waals surface area contributed by atoms with E-state index in [0.29, 0.717) is 34.7 Å². The number of halogens is 2. The van der Waals surface area contributed by atoms with Crippen LogP contribution < -0.4 is 10.6 Å². The molecule has 146 valence electrons. The minimum Gasteiger partial charge on any atom is -0.352 e. The lowest BCUT2D eigenvalue weighted by atomic mass is 9.49. The zero-order chi connectivity index (χ0) is 19.2. The second-order valence-corrected chi connectivity index (χ2v) is 10.9. The molecule has 0 spiro atoms. The lowest BCUT2D eigenvalue weighted by Gasteiger charge is -2.59. The third-order valence-corrected chi connectivity index (χ3v) is 7.72. The molecular weight excluding hydrogens is 428 g/mol. The summed E-state index contributed by atoms with van der Waals surface area (Å²) in [5, 5.41) is 6.28. The van der Waals surface area contributed by atoms with Gasteiger partial charge in [-0.2, -0.15) is 0 Å². The van der Waals surface area contributed by atoms with E-state index in [1.807, 2.05) is 6.92 Å². The summed E-state index contributed by atoms with van der Waals surface area (Å²) in [7, 11) is 0. The predicted molar refractivity (Wildman–Crippen MR) is 111 cm³/mol. The summed E-state index contributed by atoms with van der Waals surface area (Å²) < 4.78 is 0.146. The van der Waals surface area contributed by atoms with Crippen molar-refractivity contribution < 1.29 is 9.59 Å². The van der Waals surface area contributed by atoms with Gasteiger partial charge in [-0.15, -0.1) is 0 Å². The normalized spacial score (nSPS) is 33.7. The molecular formula is C21H26BrClN2O2. The van der Waals surface area contributed by atoms with Gasteiger partial charge < -0.3 is 10.6 Å². The number of nitrogens with one attached hydrogen (secondary N) is 2. The van der Waals surface area contributed by atoms with E-state index in [4.69, 9.17) is 11.6 Å². The zero-order valence-electron chi connectivity index (χ0n) is 15.6. The van der Waals surface area contributed by atoms with E-state index < -0.39 is 0 Å². The molecule has 2 N–H and O–H groups in total. The van der Waals surface area contributed by atoms with Crippen LogP contribution in [0.25, 0.3) is 0 Å². The maximum atomic E-state index is 13.2. The number of carbonyl (C=O) groups excluding carboxylic acids is 2. The van der Waals surface area contributed by atoms with E-state index in [1.165, 1.54) is 19.3 Å². The average Bonchev–Trinajstić information content (AvgIpc) is 2.57. The molecule has 4 bridgehead atoms. The number of alkyl halides is 1.